The third-order valence-corrected chi connectivity index (χ3v) is 4.18. The number of carbonyl (C=O) groups excluding carboxylic acids is 1. The number of alkyl halides is 3. The number of ether oxygens (including phenoxy) is 1. The lowest BCUT2D eigenvalue weighted by molar-refractivity contribution is -0.134. The lowest BCUT2D eigenvalue weighted by Gasteiger charge is -2.23. The van der Waals surface area contributed by atoms with Crippen molar-refractivity contribution in [1.82, 2.24) is 4.98 Å². The number of amides is 1. The summed E-state index contributed by atoms with van der Waals surface area (Å²) in [4.78, 5) is 16.1. The van der Waals surface area contributed by atoms with Gasteiger partial charge in [0.15, 0.2) is 0 Å². The molecule has 1 amide bonds. The van der Waals surface area contributed by atoms with Crippen LogP contribution in [0.1, 0.15) is 25.1 Å². The fourth-order valence-electron chi connectivity index (χ4n) is 1.83. The quantitative estimate of drug-likeness (QED) is 0.713. The third-order valence-electron chi connectivity index (χ3n) is 3.23. The van der Waals surface area contributed by atoms with Crippen LogP contribution in [-0.4, -0.2) is 17.4 Å². The number of halogens is 3. The smallest absolute Gasteiger partial charge is 0.425 e. The van der Waals surface area contributed by atoms with E-state index in [9.17, 15) is 18.0 Å². The molecule has 0 aliphatic carbocycles. The highest BCUT2D eigenvalue weighted by molar-refractivity contribution is 7.10. The first-order chi connectivity index (χ1) is 10.8. The molecule has 0 saturated heterocycles. The Hall–Kier alpha value is -2.09. The molecule has 2 aromatic heterocycles. The van der Waals surface area contributed by atoms with Crippen molar-refractivity contribution < 1.29 is 22.7 Å². The molecule has 2 heterocycles. The Labute approximate surface area is 135 Å². The maximum Gasteiger partial charge on any atom is 0.425 e. The maximum atomic E-state index is 12.6. The van der Waals surface area contributed by atoms with Gasteiger partial charge in [-0.15, -0.1) is 11.3 Å². The van der Waals surface area contributed by atoms with E-state index in [0.717, 1.165) is 12.5 Å². The van der Waals surface area contributed by atoms with Crippen LogP contribution >= 0.6 is 11.3 Å². The number of hydrogen-bond acceptors (Lipinski definition) is 4. The number of thiophene rings is 1. The molecule has 0 bridgehead atoms. The summed E-state index contributed by atoms with van der Waals surface area (Å²) in [6.07, 6.45) is -2.98. The van der Waals surface area contributed by atoms with Crippen molar-refractivity contribution in [2.75, 3.05) is 4.90 Å². The fourth-order valence-corrected chi connectivity index (χ4v) is 2.50. The summed E-state index contributed by atoms with van der Waals surface area (Å²) in [5.74, 6) is 0.579. The SMILES string of the molecule is CCC(C)N(C=O)c1cccc(Oc2csc(C(F)(F)F)c2)n1. The van der Waals surface area contributed by atoms with E-state index in [-0.39, 0.29) is 17.7 Å². The molecule has 0 spiro atoms. The van der Waals surface area contributed by atoms with Gasteiger partial charge >= 0.3 is 6.18 Å². The van der Waals surface area contributed by atoms with Crippen molar-refractivity contribution in [2.24, 2.45) is 0 Å². The van der Waals surface area contributed by atoms with E-state index in [1.807, 2.05) is 13.8 Å². The van der Waals surface area contributed by atoms with Crippen molar-refractivity contribution in [3.63, 3.8) is 0 Å². The summed E-state index contributed by atoms with van der Waals surface area (Å²) >= 11 is 0.555. The van der Waals surface area contributed by atoms with Crippen LogP contribution in [0.25, 0.3) is 0 Å². The Kier molecular flexibility index (Phi) is 5.25. The predicted octanol–water partition coefficient (Wildman–Crippen LogP) is 4.72. The van der Waals surface area contributed by atoms with Gasteiger partial charge in [0.1, 0.15) is 16.4 Å². The second-order valence-corrected chi connectivity index (χ2v) is 5.76. The van der Waals surface area contributed by atoms with Gasteiger partial charge in [0.25, 0.3) is 0 Å². The predicted molar refractivity (Wildman–Crippen MR) is 81.9 cm³/mol. The van der Waals surface area contributed by atoms with Crippen molar-refractivity contribution in [1.29, 1.82) is 0 Å². The molecular formula is C15H15F3N2O2S. The molecule has 1 atom stereocenters. The Balaban J connectivity index is 2.20. The summed E-state index contributed by atoms with van der Waals surface area (Å²) in [5, 5.41) is 1.27. The first-order valence-electron chi connectivity index (χ1n) is 6.89. The maximum absolute atomic E-state index is 12.6. The normalized spacial score (nSPS) is 12.7. The highest BCUT2D eigenvalue weighted by Gasteiger charge is 2.32. The molecule has 0 aliphatic heterocycles. The minimum absolute atomic E-state index is 0.0479. The molecule has 0 fully saturated rings. The molecule has 0 aromatic carbocycles. The van der Waals surface area contributed by atoms with E-state index in [0.29, 0.717) is 23.6 Å². The molecular weight excluding hydrogens is 329 g/mol. The van der Waals surface area contributed by atoms with Crippen molar-refractivity contribution >= 4 is 23.6 Å². The second kappa shape index (κ2) is 6.99. The van der Waals surface area contributed by atoms with Crippen LogP contribution in [0.5, 0.6) is 11.6 Å². The Bertz CT molecular complexity index is 673. The zero-order valence-electron chi connectivity index (χ0n) is 12.5. The second-order valence-electron chi connectivity index (χ2n) is 4.85. The van der Waals surface area contributed by atoms with Crippen molar-refractivity contribution in [3.8, 4) is 11.6 Å². The molecule has 124 valence electrons. The summed E-state index contributed by atoms with van der Waals surface area (Å²) in [6, 6.07) is 5.67. The van der Waals surface area contributed by atoms with Gasteiger partial charge in [-0.2, -0.15) is 18.2 Å². The zero-order chi connectivity index (χ0) is 17.0. The number of pyridine rings is 1. The fraction of sp³-hybridized carbons (Fsp3) is 0.333. The lowest BCUT2D eigenvalue weighted by Crippen LogP contribution is -2.31. The molecule has 8 heteroatoms. The highest BCUT2D eigenvalue weighted by Crippen LogP contribution is 2.37. The molecule has 1 unspecified atom stereocenters. The monoisotopic (exact) mass is 344 g/mol. The van der Waals surface area contributed by atoms with Gasteiger partial charge in [-0.25, -0.2) is 0 Å². The van der Waals surface area contributed by atoms with Gasteiger partial charge in [0.05, 0.1) is 0 Å². The number of anilines is 1. The van der Waals surface area contributed by atoms with Crippen LogP contribution in [-0.2, 0) is 11.0 Å². The minimum Gasteiger partial charge on any atom is -0.438 e. The Morgan fingerprint density at radius 2 is 2.17 bits per heavy atom. The average Bonchev–Trinajstić information content (AvgIpc) is 2.97. The van der Waals surface area contributed by atoms with Crippen molar-refractivity contribution in [2.45, 2.75) is 32.5 Å². The zero-order valence-corrected chi connectivity index (χ0v) is 13.3. The van der Waals surface area contributed by atoms with E-state index >= 15 is 0 Å². The number of rotatable bonds is 6. The summed E-state index contributed by atoms with van der Waals surface area (Å²) in [6.45, 7) is 3.81. The number of hydrogen-bond donors (Lipinski definition) is 0. The number of nitrogens with zero attached hydrogens (tertiary/aromatic N) is 2. The first-order valence-corrected chi connectivity index (χ1v) is 7.77. The van der Waals surface area contributed by atoms with E-state index < -0.39 is 11.1 Å². The van der Waals surface area contributed by atoms with E-state index in [1.54, 1.807) is 12.1 Å². The molecule has 23 heavy (non-hydrogen) atoms. The number of aromatic nitrogens is 1. The topological polar surface area (TPSA) is 42.4 Å². The van der Waals surface area contributed by atoms with Crippen LogP contribution in [0, 0.1) is 0 Å². The lowest BCUT2D eigenvalue weighted by atomic mass is 10.2. The molecule has 2 rings (SSSR count). The van der Waals surface area contributed by atoms with Gasteiger partial charge in [-0.05, 0) is 19.4 Å². The van der Waals surface area contributed by atoms with Gasteiger partial charge in [-0.1, -0.05) is 13.0 Å². The van der Waals surface area contributed by atoms with Crippen LogP contribution in [0.15, 0.2) is 29.6 Å². The van der Waals surface area contributed by atoms with Crippen molar-refractivity contribution in [3.05, 3.63) is 34.5 Å². The molecule has 4 nitrogen and oxygen atoms in total. The first kappa shape index (κ1) is 17.3. The van der Waals surface area contributed by atoms with E-state index in [4.69, 9.17) is 4.74 Å². The van der Waals surface area contributed by atoms with Gasteiger partial charge < -0.3 is 4.74 Å². The molecule has 0 aliphatic rings. The van der Waals surface area contributed by atoms with E-state index in [1.165, 1.54) is 16.3 Å². The van der Waals surface area contributed by atoms with Crippen LogP contribution < -0.4 is 9.64 Å². The minimum atomic E-state index is -4.40. The number of carbonyl (C=O) groups is 1. The highest BCUT2D eigenvalue weighted by atomic mass is 32.1. The summed E-state index contributed by atoms with van der Waals surface area (Å²) < 4.78 is 43.1. The standard InChI is InChI=1S/C15H15F3N2O2S/c1-3-10(2)20(9-21)13-5-4-6-14(19-13)22-11-7-12(23-8-11)15(16,17)18/h4-10H,3H2,1-2H3. The Morgan fingerprint density at radius 3 is 2.74 bits per heavy atom. The van der Waals surface area contributed by atoms with Gasteiger partial charge in [0.2, 0.25) is 12.3 Å². The summed E-state index contributed by atoms with van der Waals surface area (Å²) in [5.41, 5.74) is 0. The average molecular weight is 344 g/mol. The van der Waals surface area contributed by atoms with Crippen LogP contribution in [0.2, 0.25) is 0 Å². The van der Waals surface area contributed by atoms with Gasteiger partial charge in [0, 0.05) is 23.6 Å². The molecule has 0 radical (unpaired) electrons. The van der Waals surface area contributed by atoms with Gasteiger partial charge in [-0.3, -0.25) is 9.69 Å². The summed E-state index contributed by atoms with van der Waals surface area (Å²) in [7, 11) is 0. The Morgan fingerprint density at radius 1 is 1.43 bits per heavy atom. The van der Waals surface area contributed by atoms with Crippen LogP contribution in [0.4, 0.5) is 19.0 Å². The largest absolute Gasteiger partial charge is 0.438 e. The molecule has 0 saturated carbocycles. The molecule has 0 N–H and O–H groups in total. The van der Waals surface area contributed by atoms with E-state index in [2.05, 4.69) is 4.98 Å². The van der Waals surface area contributed by atoms with Crippen LogP contribution in [0.3, 0.4) is 0 Å². The molecule has 2 aromatic rings. The third kappa shape index (κ3) is 4.22.